The number of amides is 1. The lowest BCUT2D eigenvalue weighted by molar-refractivity contribution is 0.102. The minimum atomic E-state index is -0.512. The van der Waals surface area contributed by atoms with Gasteiger partial charge >= 0.3 is 0 Å². The Labute approximate surface area is 124 Å². The number of halogens is 1. The van der Waals surface area contributed by atoms with Crippen molar-refractivity contribution in [3.05, 3.63) is 65.0 Å². The van der Waals surface area contributed by atoms with Crippen LogP contribution in [-0.2, 0) is 6.54 Å². The molecule has 0 spiro atoms. The fraction of sp³-hybridized carbons (Fsp3) is 0.235. The molecule has 0 unspecified atom stereocenters. The van der Waals surface area contributed by atoms with E-state index >= 15 is 0 Å². The van der Waals surface area contributed by atoms with Gasteiger partial charge in [0.2, 0.25) is 0 Å². The lowest BCUT2D eigenvalue weighted by Gasteiger charge is -2.09. The molecule has 2 N–H and O–H groups in total. The summed E-state index contributed by atoms with van der Waals surface area (Å²) in [7, 11) is 0. The number of rotatable bonds is 5. The molecule has 2 rings (SSSR count). The van der Waals surface area contributed by atoms with E-state index in [2.05, 4.69) is 10.6 Å². The van der Waals surface area contributed by atoms with Crippen LogP contribution in [0.3, 0.4) is 0 Å². The Bertz CT molecular complexity index is 640. The highest BCUT2D eigenvalue weighted by Gasteiger charge is 2.12. The monoisotopic (exact) mass is 286 g/mol. The van der Waals surface area contributed by atoms with E-state index in [4.69, 9.17) is 0 Å². The minimum absolute atomic E-state index is 0.0621. The molecular formula is C17H19FN2O. The van der Waals surface area contributed by atoms with E-state index in [1.54, 1.807) is 18.2 Å². The molecule has 1 amide bonds. The first-order chi connectivity index (χ1) is 10.1. The van der Waals surface area contributed by atoms with Gasteiger partial charge in [0.05, 0.1) is 5.56 Å². The van der Waals surface area contributed by atoms with Crippen LogP contribution in [-0.4, -0.2) is 12.5 Å². The van der Waals surface area contributed by atoms with Crippen LogP contribution in [0, 0.1) is 12.7 Å². The summed E-state index contributed by atoms with van der Waals surface area (Å²) < 4.78 is 13.7. The first-order valence-electron chi connectivity index (χ1n) is 6.97. The summed E-state index contributed by atoms with van der Waals surface area (Å²) in [5.41, 5.74) is 2.64. The van der Waals surface area contributed by atoms with Crippen molar-refractivity contribution in [2.24, 2.45) is 0 Å². The van der Waals surface area contributed by atoms with Gasteiger partial charge < -0.3 is 10.6 Å². The summed E-state index contributed by atoms with van der Waals surface area (Å²) >= 11 is 0. The van der Waals surface area contributed by atoms with Crippen LogP contribution in [0.4, 0.5) is 10.1 Å². The molecule has 2 aromatic carbocycles. The van der Waals surface area contributed by atoms with Gasteiger partial charge in [-0.3, -0.25) is 4.79 Å². The number of benzene rings is 2. The van der Waals surface area contributed by atoms with Crippen molar-refractivity contribution >= 4 is 11.6 Å². The molecule has 0 bridgehead atoms. The van der Waals surface area contributed by atoms with Crippen molar-refractivity contribution in [2.75, 3.05) is 11.9 Å². The molecule has 0 aromatic heterocycles. The molecule has 0 aliphatic carbocycles. The molecule has 0 atom stereocenters. The maximum atomic E-state index is 13.7. The summed E-state index contributed by atoms with van der Waals surface area (Å²) in [5.74, 6) is -0.946. The molecule has 2 aromatic rings. The van der Waals surface area contributed by atoms with E-state index < -0.39 is 11.7 Å². The standard InChI is InChI=1S/C17H19FN2O/c1-3-19-11-13-5-4-6-14(10-13)20-17(21)15-9-12(2)7-8-16(15)18/h4-10,19H,3,11H2,1-2H3,(H,20,21). The maximum absolute atomic E-state index is 13.7. The van der Waals surface area contributed by atoms with Crippen molar-refractivity contribution in [2.45, 2.75) is 20.4 Å². The first kappa shape index (κ1) is 15.2. The smallest absolute Gasteiger partial charge is 0.258 e. The molecule has 0 aliphatic heterocycles. The van der Waals surface area contributed by atoms with Gasteiger partial charge in [0.25, 0.3) is 5.91 Å². The van der Waals surface area contributed by atoms with Gasteiger partial charge in [-0.25, -0.2) is 4.39 Å². The van der Waals surface area contributed by atoms with Crippen LogP contribution >= 0.6 is 0 Å². The van der Waals surface area contributed by atoms with E-state index in [0.717, 1.165) is 24.2 Å². The van der Waals surface area contributed by atoms with Crippen LogP contribution < -0.4 is 10.6 Å². The lowest BCUT2D eigenvalue weighted by Crippen LogP contribution is -2.15. The zero-order chi connectivity index (χ0) is 15.2. The summed E-state index contributed by atoms with van der Waals surface area (Å²) in [6, 6.07) is 12.0. The average molecular weight is 286 g/mol. The molecule has 0 saturated heterocycles. The summed E-state index contributed by atoms with van der Waals surface area (Å²) in [5, 5.41) is 5.96. The highest BCUT2D eigenvalue weighted by molar-refractivity contribution is 6.04. The second-order valence-electron chi connectivity index (χ2n) is 4.92. The summed E-state index contributed by atoms with van der Waals surface area (Å²) in [6.07, 6.45) is 0. The predicted molar refractivity (Wildman–Crippen MR) is 82.9 cm³/mol. The Hall–Kier alpha value is -2.20. The molecule has 0 heterocycles. The molecular weight excluding hydrogens is 267 g/mol. The van der Waals surface area contributed by atoms with Crippen molar-refractivity contribution in [1.82, 2.24) is 5.32 Å². The van der Waals surface area contributed by atoms with Gasteiger partial charge in [-0.1, -0.05) is 30.7 Å². The number of nitrogens with one attached hydrogen (secondary N) is 2. The normalized spacial score (nSPS) is 10.4. The average Bonchev–Trinajstić information content (AvgIpc) is 2.48. The van der Waals surface area contributed by atoms with Gasteiger partial charge in [0.15, 0.2) is 0 Å². The van der Waals surface area contributed by atoms with Gasteiger partial charge in [0.1, 0.15) is 5.82 Å². The van der Waals surface area contributed by atoms with Crippen molar-refractivity contribution in [3.8, 4) is 0 Å². The number of hydrogen-bond acceptors (Lipinski definition) is 2. The van der Waals surface area contributed by atoms with Crippen LogP contribution in [0.15, 0.2) is 42.5 Å². The van der Waals surface area contributed by atoms with Gasteiger partial charge in [-0.2, -0.15) is 0 Å². The molecule has 110 valence electrons. The fourth-order valence-electron chi connectivity index (χ4n) is 2.04. The molecule has 0 aliphatic rings. The Balaban J connectivity index is 2.14. The van der Waals surface area contributed by atoms with Crippen LogP contribution in [0.1, 0.15) is 28.4 Å². The highest BCUT2D eigenvalue weighted by atomic mass is 19.1. The second kappa shape index (κ2) is 6.99. The number of carbonyl (C=O) groups is 1. The third-order valence-electron chi connectivity index (χ3n) is 3.13. The third-order valence-corrected chi connectivity index (χ3v) is 3.13. The van der Waals surface area contributed by atoms with E-state index in [1.807, 2.05) is 32.0 Å². The second-order valence-corrected chi connectivity index (χ2v) is 4.92. The number of hydrogen-bond donors (Lipinski definition) is 2. The van der Waals surface area contributed by atoms with E-state index in [0.29, 0.717) is 5.69 Å². The first-order valence-corrected chi connectivity index (χ1v) is 6.97. The maximum Gasteiger partial charge on any atom is 0.258 e. The molecule has 0 saturated carbocycles. The van der Waals surface area contributed by atoms with Crippen molar-refractivity contribution in [3.63, 3.8) is 0 Å². The van der Waals surface area contributed by atoms with Gasteiger partial charge in [0, 0.05) is 12.2 Å². The summed E-state index contributed by atoms with van der Waals surface area (Å²) in [4.78, 5) is 12.1. The zero-order valence-corrected chi connectivity index (χ0v) is 12.2. The Morgan fingerprint density at radius 2 is 2.00 bits per heavy atom. The number of aryl methyl sites for hydroxylation is 1. The molecule has 0 radical (unpaired) electrons. The van der Waals surface area contributed by atoms with Gasteiger partial charge in [-0.15, -0.1) is 0 Å². The van der Waals surface area contributed by atoms with Crippen molar-refractivity contribution < 1.29 is 9.18 Å². The SMILES string of the molecule is CCNCc1cccc(NC(=O)c2cc(C)ccc2F)c1. The molecule has 4 heteroatoms. The van der Waals surface area contributed by atoms with E-state index in [9.17, 15) is 9.18 Å². The quantitative estimate of drug-likeness (QED) is 0.883. The molecule has 3 nitrogen and oxygen atoms in total. The van der Waals surface area contributed by atoms with E-state index in [1.165, 1.54) is 6.07 Å². The Morgan fingerprint density at radius 1 is 1.19 bits per heavy atom. The Morgan fingerprint density at radius 3 is 2.76 bits per heavy atom. The molecule has 0 fully saturated rings. The number of carbonyl (C=O) groups excluding carboxylic acids is 1. The third kappa shape index (κ3) is 4.13. The van der Waals surface area contributed by atoms with E-state index in [-0.39, 0.29) is 5.56 Å². The fourth-order valence-corrected chi connectivity index (χ4v) is 2.04. The van der Waals surface area contributed by atoms with Crippen LogP contribution in [0.5, 0.6) is 0 Å². The van der Waals surface area contributed by atoms with Crippen molar-refractivity contribution in [1.29, 1.82) is 0 Å². The lowest BCUT2D eigenvalue weighted by atomic mass is 10.1. The Kier molecular flexibility index (Phi) is 5.06. The number of anilines is 1. The molecule has 21 heavy (non-hydrogen) atoms. The largest absolute Gasteiger partial charge is 0.322 e. The van der Waals surface area contributed by atoms with Gasteiger partial charge in [-0.05, 0) is 43.3 Å². The zero-order valence-electron chi connectivity index (χ0n) is 12.2. The summed E-state index contributed by atoms with van der Waals surface area (Å²) in [6.45, 7) is 5.48. The van der Waals surface area contributed by atoms with Crippen LogP contribution in [0.25, 0.3) is 0 Å². The minimum Gasteiger partial charge on any atom is -0.322 e. The highest BCUT2D eigenvalue weighted by Crippen LogP contribution is 2.15. The predicted octanol–water partition coefficient (Wildman–Crippen LogP) is 3.50. The topological polar surface area (TPSA) is 41.1 Å². The van der Waals surface area contributed by atoms with Crippen LogP contribution in [0.2, 0.25) is 0 Å².